The number of Topliss-reactive ketones (excluding diaryl/α,β-unsaturated/α-hetero) is 1. The molecule has 0 amide bonds. The molecule has 2 aromatic heterocycles. The summed E-state index contributed by atoms with van der Waals surface area (Å²) in [4.78, 5) is 20.0. The molecule has 0 aromatic carbocycles. The topological polar surface area (TPSA) is 71.6 Å². The Morgan fingerprint density at radius 3 is 2.88 bits per heavy atom. The van der Waals surface area contributed by atoms with Gasteiger partial charge in [-0.25, -0.2) is 4.98 Å². The zero-order chi connectivity index (χ0) is 12.3. The molecule has 84 valence electrons. The van der Waals surface area contributed by atoms with Gasteiger partial charge in [-0.05, 0) is 11.6 Å². The number of nitrogens with zero attached hydrogens (tertiary/aromatic N) is 4. The molecule has 5 nitrogen and oxygen atoms in total. The van der Waals surface area contributed by atoms with Crippen molar-refractivity contribution in [1.29, 1.82) is 5.26 Å². The first-order valence-corrected chi connectivity index (χ1v) is 5.05. The Kier molecular flexibility index (Phi) is 2.97. The summed E-state index contributed by atoms with van der Waals surface area (Å²) in [5.74, 6) is -0.891. The molecule has 0 N–H and O–H groups in total. The van der Waals surface area contributed by atoms with Crippen LogP contribution >= 0.6 is 0 Å². The van der Waals surface area contributed by atoms with E-state index in [1.807, 2.05) is 6.07 Å². The van der Waals surface area contributed by atoms with Gasteiger partial charge in [-0.15, -0.1) is 0 Å². The number of carbonyl (C=O) groups excluding carboxylic acids is 1. The average Bonchev–Trinajstić information content (AvgIpc) is 2.77. The van der Waals surface area contributed by atoms with Crippen LogP contribution in [-0.4, -0.2) is 20.3 Å². The molecule has 0 fully saturated rings. The number of carbonyl (C=O) groups is 1. The van der Waals surface area contributed by atoms with E-state index in [4.69, 9.17) is 5.26 Å². The Labute approximate surface area is 98.4 Å². The maximum atomic E-state index is 12.1. The largest absolute Gasteiger partial charge is 0.332 e. The van der Waals surface area contributed by atoms with E-state index in [2.05, 4.69) is 9.97 Å². The number of pyridine rings is 1. The van der Waals surface area contributed by atoms with Crippen LogP contribution in [0.2, 0.25) is 0 Å². The van der Waals surface area contributed by atoms with Crippen molar-refractivity contribution in [3.8, 4) is 6.07 Å². The monoisotopic (exact) mass is 226 g/mol. The first-order valence-electron chi connectivity index (χ1n) is 5.05. The van der Waals surface area contributed by atoms with Crippen LogP contribution in [0.5, 0.6) is 0 Å². The third-order valence-corrected chi connectivity index (χ3v) is 2.45. The highest BCUT2D eigenvalue weighted by Gasteiger charge is 2.24. The molecule has 0 aliphatic heterocycles. The normalized spacial score (nSPS) is 11.8. The lowest BCUT2D eigenvalue weighted by Crippen LogP contribution is -2.15. The molecule has 0 spiro atoms. The van der Waals surface area contributed by atoms with Gasteiger partial charge < -0.3 is 4.57 Å². The van der Waals surface area contributed by atoms with Crippen molar-refractivity contribution in [2.75, 3.05) is 0 Å². The summed E-state index contributed by atoms with van der Waals surface area (Å²) in [5, 5.41) is 9.10. The second-order valence-corrected chi connectivity index (χ2v) is 3.57. The number of hydrogen-bond acceptors (Lipinski definition) is 4. The summed E-state index contributed by atoms with van der Waals surface area (Å²) in [5.41, 5.74) is 0.586. The number of aromatic nitrogens is 3. The van der Waals surface area contributed by atoms with Crippen LogP contribution < -0.4 is 0 Å². The molecule has 5 heteroatoms. The van der Waals surface area contributed by atoms with E-state index in [0.29, 0.717) is 5.56 Å². The molecular formula is C12H10N4O. The van der Waals surface area contributed by atoms with Gasteiger partial charge in [0.15, 0.2) is 5.82 Å². The number of hydrogen-bond donors (Lipinski definition) is 0. The van der Waals surface area contributed by atoms with E-state index < -0.39 is 5.92 Å². The summed E-state index contributed by atoms with van der Waals surface area (Å²) >= 11 is 0. The van der Waals surface area contributed by atoms with Gasteiger partial charge in [0.1, 0.15) is 5.92 Å². The summed E-state index contributed by atoms with van der Waals surface area (Å²) in [7, 11) is 1.72. The molecule has 0 radical (unpaired) electrons. The molecule has 2 rings (SSSR count). The van der Waals surface area contributed by atoms with Crippen LogP contribution in [-0.2, 0) is 7.05 Å². The first kappa shape index (κ1) is 11.0. The fourth-order valence-corrected chi connectivity index (χ4v) is 1.56. The molecule has 0 aliphatic carbocycles. The molecule has 1 unspecified atom stereocenters. The quantitative estimate of drug-likeness (QED) is 0.739. The summed E-state index contributed by atoms with van der Waals surface area (Å²) in [6.45, 7) is 0. The van der Waals surface area contributed by atoms with Crippen LogP contribution in [0.25, 0.3) is 0 Å². The minimum absolute atomic E-state index is 0.278. The van der Waals surface area contributed by atoms with E-state index in [-0.39, 0.29) is 11.6 Å². The van der Waals surface area contributed by atoms with E-state index in [0.717, 1.165) is 0 Å². The van der Waals surface area contributed by atoms with Crippen molar-refractivity contribution < 1.29 is 4.79 Å². The van der Waals surface area contributed by atoms with Gasteiger partial charge >= 0.3 is 0 Å². The Bertz CT molecular complexity index is 568. The summed E-state index contributed by atoms with van der Waals surface area (Å²) in [6, 6.07) is 5.40. The third kappa shape index (κ3) is 2.06. The summed E-state index contributed by atoms with van der Waals surface area (Å²) in [6.07, 6.45) is 6.33. The highest BCUT2D eigenvalue weighted by Crippen LogP contribution is 2.18. The Hall–Kier alpha value is -2.48. The summed E-state index contributed by atoms with van der Waals surface area (Å²) < 4.78 is 1.60. The molecule has 0 bridgehead atoms. The SMILES string of the molecule is Cn1ccnc1C(=O)C(C#N)c1cccnc1. The van der Waals surface area contributed by atoms with Gasteiger partial charge in [0.05, 0.1) is 6.07 Å². The second-order valence-electron chi connectivity index (χ2n) is 3.57. The lowest BCUT2D eigenvalue weighted by atomic mass is 9.97. The Morgan fingerprint density at radius 1 is 1.53 bits per heavy atom. The predicted octanol–water partition coefficient (Wildman–Crippen LogP) is 1.31. The maximum Gasteiger partial charge on any atom is 0.219 e. The molecule has 17 heavy (non-hydrogen) atoms. The highest BCUT2D eigenvalue weighted by molar-refractivity contribution is 6.00. The number of imidazole rings is 1. The lowest BCUT2D eigenvalue weighted by Gasteiger charge is -2.07. The van der Waals surface area contributed by atoms with Gasteiger partial charge in [0, 0.05) is 31.8 Å². The third-order valence-electron chi connectivity index (χ3n) is 2.45. The van der Waals surface area contributed by atoms with Gasteiger partial charge in [-0.1, -0.05) is 6.07 Å². The minimum atomic E-state index is -0.857. The van der Waals surface area contributed by atoms with Crippen LogP contribution in [0.3, 0.4) is 0 Å². The van der Waals surface area contributed by atoms with Crippen LogP contribution in [0.1, 0.15) is 22.1 Å². The number of aryl methyl sites for hydroxylation is 1. The number of nitriles is 1. The van der Waals surface area contributed by atoms with Crippen molar-refractivity contribution >= 4 is 5.78 Å². The van der Waals surface area contributed by atoms with Crippen LogP contribution in [0.15, 0.2) is 36.9 Å². The zero-order valence-corrected chi connectivity index (χ0v) is 9.24. The average molecular weight is 226 g/mol. The molecular weight excluding hydrogens is 216 g/mol. The minimum Gasteiger partial charge on any atom is -0.332 e. The molecule has 0 aliphatic rings. The Balaban J connectivity index is 2.36. The van der Waals surface area contributed by atoms with Gasteiger partial charge in [0.2, 0.25) is 5.78 Å². The van der Waals surface area contributed by atoms with E-state index >= 15 is 0 Å². The second kappa shape index (κ2) is 4.58. The fraction of sp³-hybridized carbons (Fsp3) is 0.167. The van der Waals surface area contributed by atoms with Gasteiger partial charge in [-0.3, -0.25) is 9.78 Å². The lowest BCUT2D eigenvalue weighted by molar-refractivity contribution is 0.0965. The first-order chi connectivity index (χ1) is 8.24. The molecule has 2 aromatic rings. The van der Waals surface area contributed by atoms with Crippen LogP contribution in [0.4, 0.5) is 0 Å². The van der Waals surface area contributed by atoms with Crippen molar-refractivity contribution in [2.45, 2.75) is 5.92 Å². The van der Waals surface area contributed by atoms with E-state index in [1.165, 1.54) is 12.4 Å². The van der Waals surface area contributed by atoms with Crippen molar-refractivity contribution in [3.05, 3.63) is 48.3 Å². The smallest absolute Gasteiger partial charge is 0.219 e. The molecule has 0 saturated heterocycles. The predicted molar refractivity (Wildman–Crippen MR) is 60.1 cm³/mol. The zero-order valence-electron chi connectivity index (χ0n) is 9.24. The van der Waals surface area contributed by atoms with Gasteiger partial charge in [-0.2, -0.15) is 5.26 Å². The molecule has 1 atom stereocenters. The van der Waals surface area contributed by atoms with Crippen molar-refractivity contribution in [3.63, 3.8) is 0 Å². The van der Waals surface area contributed by atoms with E-state index in [9.17, 15) is 4.79 Å². The molecule has 2 heterocycles. The number of ketones is 1. The maximum absolute atomic E-state index is 12.1. The highest BCUT2D eigenvalue weighted by atomic mass is 16.1. The van der Waals surface area contributed by atoms with Crippen molar-refractivity contribution in [2.24, 2.45) is 7.05 Å². The standard InChI is InChI=1S/C12H10N4O/c1-16-6-5-15-12(16)11(17)10(7-13)9-3-2-4-14-8-9/h2-6,8,10H,1H3. The Morgan fingerprint density at radius 2 is 2.35 bits per heavy atom. The number of rotatable bonds is 3. The van der Waals surface area contributed by atoms with Gasteiger partial charge in [0.25, 0.3) is 0 Å². The van der Waals surface area contributed by atoms with E-state index in [1.54, 1.807) is 36.1 Å². The van der Waals surface area contributed by atoms with Crippen molar-refractivity contribution in [1.82, 2.24) is 14.5 Å². The van der Waals surface area contributed by atoms with Crippen LogP contribution in [0, 0.1) is 11.3 Å². The fourth-order valence-electron chi connectivity index (χ4n) is 1.56. The molecule has 0 saturated carbocycles.